The van der Waals surface area contributed by atoms with E-state index in [1.807, 2.05) is 42.5 Å². The molecule has 0 unspecified atom stereocenters. The molecule has 0 aliphatic rings. The molecule has 5 heteroatoms. The Kier molecular flexibility index (Phi) is 4.85. The van der Waals surface area contributed by atoms with Gasteiger partial charge in [-0.1, -0.05) is 54.6 Å². The van der Waals surface area contributed by atoms with Gasteiger partial charge in [0.25, 0.3) is 5.56 Å². The van der Waals surface area contributed by atoms with Crippen molar-refractivity contribution >= 4 is 21.9 Å². The van der Waals surface area contributed by atoms with E-state index in [4.69, 9.17) is 4.98 Å². The number of fused-ring (bicyclic) bond motifs is 2. The van der Waals surface area contributed by atoms with Gasteiger partial charge in [-0.3, -0.25) is 9.36 Å². The van der Waals surface area contributed by atoms with E-state index < -0.39 is 0 Å². The fourth-order valence-electron chi connectivity index (χ4n) is 3.95. The summed E-state index contributed by atoms with van der Waals surface area (Å²) in [4.78, 5) is 22.0. The van der Waals surface area contributed by atoms with Crippen molar-refractivity contribution in [3.8, 4) is 0 Å². The second-order valence-electron chi connectivity index (χ2n) is 7.44. The van der Waals surface area contributed by atoms with Crippen LogP contribution in [-0.2, 0) is 19.5 Å². The van der Waals surface area contributed by atoms with Crippen molar-refractivity contribution in [3.05, 3.63) is 107 Å². The van der Waals surface area contributed by atoms with Crippen molar-refractivity contribution in [2.24, 2.45) is 0 Å². The van der Waals surface area contributed by atoms with Gasteiger partial charge in [-0.25, -0.2) is 9.97 Å². The number of imidazole rings is 1. The van der Waals surface area contributed by atoms with E-state index in [9.17, 15) is 4.79 Å². The van der Waals surface area contributed by atoms with Gasteiger partial charge in [-0.15, -0.1) is 0 Å². The zero-order valence-corrected chi connectivity index (χ0v) is 16.6. The number of para-hydroxylation sites is 3. The van der Waals surface area contributed by atoms with Gasteiger partial charge < -0.3 is 4.57 Å². The van der Waals surface area contributed by atoms with Crippen LogP contribution in [0.2, 0.25) is 0 Å². The molecule has 3 aromatic carbocycles. The molecule has 0 atom stereocenters. The smallest absolute Gasteiger partial charge is 0.261 e. The Morgan fingerprint density at radius 1 is 0.767 bits per heavy atom. The van der Waals surface area contributed by atoms with E-state index >= 15 is 0 Å². The molecule has 5 nitrogen and oxygen atoms in total. The normalized spacial score (nSPS) is 11.3. The van der Waals surface area contributed by atoms with E-state index in [1.54, 1.807) is 10.9 Å². The average molecular weight is 394 g/mol. The third kappa shape index (κ3) is 3.50. The fourth-order valence-corrected chi connectivity index (χ4v) is 3.95. The van der Waals surface area contributed by atoms with Gasteiger partial charge in [-0.05, 0) is 36.2 Å². The summed E-state index contributed by atoms with van der Waals surface area (Å²) in [5.41, 5.74) is 4.13. The maximum atomic E-state index is 12.7. The highest BCUT2D eigenvalue weighted by molar-refractivity contribution is 5.77. The largest absolute Gasteiger partial charge is 0.328 e. The number of aryl methyl sites for hydroxylation is 2. The van der Waals surface area contributed by atoms with Crippen LogP contribution in [0.25, 0.3) is 21.9 Å². The Morgan fingerprint density at radius 3 is 2.37 bits per heavy atom. The zero-order chi connectivity index (χ0) is 20.3. The highest BCUT2D eigenvalue weighted by Gasteiger charge is 2.11. The summed E-state index contributed by atoms with van der Waals surface area (Å²) in [5, 5.41) is 0.665. The molecular formula is C25H22N4O. The lowest BCUT2D eigenvalue weighted by molar-refractivity contribution is 0.547. The first kappa shape index (κ1) is 18.3. The molecule has 0 N–H and O–H groups in total. The number of benzene rings is 3. The molecule has 0 amide bonds. The van der Waals surface area contributed by atoms with E-state index in [1.165, 1.54) is 5.56 Å². The summed E-state index contributed by atoms with van der Waals surface area (Å²) in [6.45, 7) is 1.41. The number of rotatable bonds is 6. The van der Waals surface area contributed by atoms with Crippen molar-refractivity contribution in [2.75, 3.05) is 0 Å². The van der Waals surface area contributed by atoms with Gasteiger partial charge in [0.2, 0.25) is 0 Å². The van der Waals surface area contributed by atoms with Crippen LogP contribution in [0.4, 0.5) is 0 Å². The predicted molar refractivity (Wildman–Crippen MR) is 120 cm³/mol. The molecule has 148 valence electrons. The summed E-state index contributed by atoms with van der Waals surface area (Å²) in [6, 6.07) is 26.1. The van der Waals surface area contributed by atoms with Gasteiger partial charge in [0, 0.05) is 19.5 Å². The molecule has 30 heavy (non-hydrogen) atoms. The third-order valence-corrected chi connectivity index (χ3v) is 5.45. The lowest BCUT2D eigenvalue weighted by Crippen LogP contribution is -2.21. The molecule has 2 heterocycles. The SMILES string of the molecule is O=c1c2ccccc2ncn1CCCn1c(Cc2ccccc2)nc2ccccc21. The maximum absolute atomic E-state index is 12.7. The van der Waals surface area contributed by atoms with Crippen LogP contribution in [0, 0.1) is 0 Å². The molecule has 0 aliphatic heterocycles. The highest BCUT2D eigenvalue weighted by atomic mass is 16.1. The molecule has 0 saturated carbocycles. The van der Waals surface area contributed by atoms with Gasteiger partial charge >= 0.3 is 0 Å². The standard InChI is InChI=1S/C25H22N4O/c30-25-20-11-4-5-12-21(20)26-18-28(25)15-8-16-29-23-14-7-6-13-22(23)27-24(29)17-19-9-2-1-3-10-19/h1-7,9-14,18H,8,15-17H2. The summed E-state index contributed by atoms with van der Waals surface area (Å²) in [5.74, 6) is 1.05. The van der Waals surface area contributed by atoms with Crippen molar-refractivity contribution < 1.29 is 0 Å². The molecule has 0 saturated heterocycles. The Labute approximate surface area is 174 Å². The van der Waals surface area contributed by atoms with Crippen LogP contribution in [0.15, 0.2) is 90.0 Å². The summed E-state index contributed by atoms with van der Waals surface area (Å²) in [7, 11) is 0. The molecular weight excluding hydrogens is 372 g/mol. The molecule has 0 aliphatic carbocycles. The average Bonchev–Trinajstić information content (AvgIpc) is 3.13. The molecule has 5 aromatic rings. The number of hydrogen-bond donors (Lipinski definition) is 0. The van der Waals surface area contributed by atoms with Crippen molar-refractivity contribution in [1.29, 1.82) is 0 Å². The minimum absolute atomic E-state index is 0.0144. The quantitative estimate of drug-likeness (QED) is 0.428. The van der Waals surface area contributed by atoms with E-state index in [2.05, 4.69) is 45.9 Å². The van der Waals surface area contributed by atoms with E-state index in [-0.39, 0.29) is 5.56 Å². The monoisotopic (exact) mass is 394 g/mol. The highest BCUT2D eigenvalue weighted by Crippen LogP contribution is 2.19. The Balaban J connectivity index is 1.41. The summed E-state index contributed by atoms with van der Waals surface area (Å²) < 4.78 is 3.99. The van der Waals surface area contributed by atoms with Crippen molar-refractivity contribution in [2.45, 2.75) is 25.9 Å². The number of nitrogens with zero attached hydrogens (tertiary/aromatic N) is 4. The van der Waals surface area contributed by atoms with Crippen LogP contribution in [0.3, 0.4) is 0 Å². The lowest BCUT2D eigenvalue weighted by atomic mass is 10.1. The zero-order valence-electron chi connectivity index (χ0n) is 16.6. The first-order valence-corrected chi connectivity index (χ1v) is 10.2. The second-order valence-corrected chi connectivity index (χ2v) is 7.44. The number of aromatic nitrogens is 4. The van der Waals surface area contributed by atoms with Crippen molar-refractivity contribution in [1.82, 2.24) is 19.1 Å². The molecule has 0 spiro atoms. The van der Waals surface area contributed by atoms with Crippen LogP contribution >= 0.6 is 0 Å². The van der Waals surface area contributed by atoms with Gasteiger partial charge in [0.05, 0.1) is 28.3 Å². The second kappa shape index (κ2) is 7.95. The first-order chi connectivity index (χ1) is 14.8. The van der Waals surface area contributed by atoms with Crippen LogP contribution in [0.1, 0.15) is 17.8 Å². The van der Waals surface area contributed by atoms with Crippen LogP contribution in [-0.4, -0.2) is 19.1 Å². The predicted octanol–water partition coefficient (Wildman–Crippen LogP) is 4.43. The number of hydrogen-bond acceptors (Lipinski definition) is 3. The topological polar surface area (TPSA) is 52.7 Å². The molecule has 0 fully saturated rings. The molecule has 0 bridgehead atoms. The van der Waals surface area contributed by atoms with E-state index in [0.717, 1.165) is 41.8 Å². The molecule has 0 radical (unpaired) electrons. The van der Waals surface area contributed by atoms with Crippen LogP contribution in [0.5, 0.6) is 0 Å². The minimum atomic E-state index is 0.0144. The summed E-state index contributed by atoms with van der Waals surface area (Å²) in [6.07, 6.45) is 3.26. The van der Waals surface area contributed by atoms with E-state index in [0.29, 0.717) is 11.9 Å². The fraction of sp³-hybridized carbons (Fsp3) is 0.160. The Bertz CT molecular complexity index is 1370. The summed E-state index contributed by atoms with van der Waals surface area (Å²) >= 11 is 0. The third-order valence-electron chi connectivity index (χ3n) is 5.45. The first-order valence-electron chi connectivity index (χ1n) is 10.2. The van der Waals surface area contributed by atoms with Gasteiger partial charge in [-0.2, -0.15) is 0 Å². The van der Waals surface area contributed by atoms with Gasteiger partial charge in [0.15, 0.2) is 0 Å². The van der Waals surface area contributed by atoms with Gasteiger partial charge in [0.1, 0.15) is 5.82 Å². The Hall–Kier alpha value is -3.73. The van der Waals surface area contributed by atoms with Crippen molar-refractivity contribution in [3.63, 3.8) is 0 Å². The maximum Gasteiger partial charge on any atom is 0.261 e. The molecule has 2 aromatic heterocycles. The minimum Gasteiger partial charge on any atom is -0.328 e. The molecule has 5 rings (SSSR count). The van der Waals surface area contributed by atoms with Crippen LogP contribution < -0.4 is 5.56 Å². The Morgan fingerprint density at radius 2 is 1.50 bits per heavy atom. The lowest BCUT2D eigenvalue weighted by Gasteiger charge is -2.11.